The van der Waals surface area contributed by atoms with Gasteiger partial charge in [-0.15, -0.1) is 0 Å². The average Bonchev–Trinajstić information content (AvgIpc) is 2.80. The van der Waals surface area contributed by atoms with Crippen LogP contribution < -0.4 is 4.74 Å². The summed E-state index contributed by atoms with van der Waals surface area (Å²) in [4.78, 5) is 0. The lowest BCUT2D eigenvalue weighted by atomic mass is 9.83. The molecule has 0 saturated carbocycles. The van der Waals surface area contributed by atoms with E-state index in [-0.39, 0.29) is 30.7 Å². The number of hydrogen-bond acceptors (Lipinski definition) is 4. The molecule has 1 aromatic carbocycles. The van der Waals surface area contributed by atoms with Crippen molar-refractivity contribution in [3.63, 3.8) is 0 Å². The number of methoxy groups -OCH3 is 1. The SMILES string of the molecule is CC[C@H](C)[C@@H](O[Si](CC)(CC)CC)[C@H](C)[C@@H](OCc1ccc(OC)cc1)[C@H](C)CO. The molecule has 0 radical (unpaired) electrons. The molecule has 0 aliphatic carbocycles. The summed E-state index contributed by atoms with van der Waals surface area (Å²) in [5.74, 6) is 1.55. The van der Waals surface area contributed by atoms with Crippen molar-refractivity contribution in [2.24, 2.45) is 17.8 Å². The molecular formula is C25H46O4Si. The van der Waals surface area contributed by atoms with Gasteiger partial charge in [-0.1, -0.05) is 67.0 Å². The second kappa shape index (κ2) is 13.5. The fraction of sp³-hybridized carbons (Fsp3) is 0.760. The molecule has 0 amide bonds. The molecule has 174 valence electrons. The monoisotopic (exact) mass is 438 g/mol. The first-order chi connectivity index (χ1) is 14.3. The fourth-order valence-electron chi connectivity index (χ4n) is 4.30. The minimum Gasteiger partial charge on any atom is -0.497 e. The molecule has 1 N–H and O–H groups in total. The van der Waals surface area contributed by atoms with Crippen molar-refractivity contribution in [3.05, 3.63) is 29.8 Å². The summed E-state index contributed by atoms with van der Waals surface area (Å²) in [5, 5.41) is 9.94. The molecule has 5 atom stereocenters. The lowest BCUT2D eigenvalue weighted by Gasteiger charge is -2.42. The normalized spacial score (nSPS) is 17.2. The van der Waals surface area contributed by atoms with E-state index in [1.807, 2.05) is 24.3 Å². The van der Waals surface area contributed by atoms with Crippen molar-refractivity contribution in [2.45, 2.75) is 91.8 Å². The Hall–Kier alpha value is -0.883. The summed E-state index contributed by atoms with van der Waals surface area (Å²) in [6, 6.07) is 11.4. The Morgan fingerprint density at radius 1 is 0.867 bits per heavy atom. The van der Waals surface area contributed by atoms with E-state index in [1.165, 1.54) is 0 Å². The molecule has 0 saturated heterocycles. The van der Waals surface area contributed by atoms with Gasteiger partial charge in [-0.25, -0.2) is 0 Å². The van der Waals surface area contributed by atoms with Crippen molar-refractivity contribution in [1.82, 2.24) is 0 Å². The third-order valence-corrected chi connectivity index (χ3v) is 11.6. The van der Waals surface area contributed by atoms with Crippen LogP contribution in [0.15, 0.2) is 24.3 Å². The second-order valence-corrected chi connectivity index (χ2v) is 13.6. The van der Waals surface area contributed by atoms with Gasteiger partial charge in [-0.2, -0.15) is 0 Å². The van der Waals surface area contributed by atoms with Crippen molar-refractivity contribution in [1.29, 1.82) is 0 Å². The van der Waals surface area contributed by atoms with E-state index < -0.39 is 8.32 Å². The summed E-state index contributed by atoms with van der Waals surface area (Å²) in [6.45, 7) is 16.4. The first kappa shape index (κ1) is 27.2. The molecule has 5 heteroatoms. The van der Waals surface area contributed by atoms with Gasteiger partial charge in [0.25, 0.3) is 0 Å². The molecule has 0 bridgehead atoms. The van der Waals surface area contributed by atoms with Crippen molar-refractivity contribution in [2.75, 3.05) is 13.7 Å². The summed E-state index contributed by atoms with van der Waals surface area (Å²) in [6.07, 6.45) is 1.17. The Bertz CT molecular complexity index is 565. The quantitative estimate of drug-likeness (QED) is 0.327. The number of hydrogen-bond donors (Lipinski definition) is 1. The molecule has 0 aromatic heterocycles. The van der Waals surface area contributed by atoms with Crippen LogP contribution in [-0.4, -0.2) is 39.3 Å². The van der Waals surface area contributed by atoms with Gasteiger partial charge in [0.1, 0.15) is 5.75 Å². The van der Waals surface area contributed by atoms with Gasteiger partial charge >= 0.3 is 0 Å². The Morgan fingerprint density at radius 2 is 1.43 bits per heavy atom. The first-order valence-electron chi connectivity index (χ1n) is 11.8. The predicted molar refractivity (Wildman–Crippen MR) is 129 cm³/mol. The van der Waals surface area contributed by atoms with Gasteiger partial charge in [0, 0.05) is 18.4 Å². The van der Waals surface area contributed by atoms with E-state index >= 15 is 0 Å². The smallest absolute Gasteiger partial charge is 0.192 e. The van der Waals surface area contributed by atoms with Gasteiger partial charge in [0.15, 0.2) is 8.32 Å². The Morgan fingerprint density at radius 3 is 1.87 bits per heavy atom. The lowest BCUT2D eigenvalue weighted by molar-refractivity contribution is -0.0814. The third kappa shape index (κ3) is 7.36. The molecule has 4 nitrogen and oxygen atoms in total. The van der Waals surface area contributed by atoms with Crippen molar-refractivity contribution in [3.8, 4) is 5.75 Å². The minimum absolute atomic E-state index is 0.0503. The summed E-state index contributed by atoms with van der Waals surface area (Å²) < 4.78 is 18.7. The third-order valence-electron chi connectivity index (χ3n) is 7.01. The molecule has 0 fully saturated rings. The number of ether oxygens (including phenoxy) is 2. The minimum atomic E-state index is -1.74. The Balaban J connectivity index is 3.05. The number of aliphatic hydroxyl groups excluding tert-OH is 1. The van der Waals surface area contributed by atoms with Gasteiger partial charge in [0.2, 0.25) is 0 Å². The summed E-state index contributed by atoms with van der Waals surface area (Å²) >= 11 is 0. The summed E-state index contributed by atoms with van der Waals surface area (Å²) in [5.41, 5.74) is 1.11. The predicted octanol–water partition coefficient (Wildman–Crippen LogP) is 6.28. The van der Waals surface area contributed by atoms with E-state index in [0.29, 0.717) is 12.5 Å². The highest BCUT2D eigenvalue weighted by molar-refractivity contribution is 6.73. The molecule has 0 aliphatic heterocycles. The maximum absolute atomic E-state index is 9.94. The van der Waals surface area contributed by atoms with Gasteiger partial charge < -0.3 is 19.0 Å². The topological polar surface area (TPSA) is 47.9 Å². The van der Waals surface area contributed by atoms with Crippen LogP contribution in [0.4, 0.5) is 0 Å². The number of aliphatic hydroxyl groups is 1. The molecule has 0 unspecified atom stereocenters. The highest BCUT2D eigenvalue weighted by atomic mass is 28.4. The van der Waals surface area contributed by atoms with Crippen LogP contribution in [0.25, 0.3) is 0 Å². The molecule has 0 aliphatic rings. The van der Waals surface area contributed by atoms with E-state index in [2.05, 4.69) is 48.5 Å². The second-order valence-electron chi connectivity index (χ2n) is 8.85. The van der Waals surface area contributed by atoms with E-state index in [1.54, 1.807) is 7.11 Å². The van der Waals surface area contributed by atoms with Crippen molar-refractivity contribution < 1.29 is 19.0 Å². The van der Waals surface area contributed by atoms with Gasteiger partial charge in [-0.05, 0) is 41.7 Å². The zero-order valence-electron chi connectivity index (χ0n) is 20.6. The van der Waals surface area contributed by atoms with Crippen molar-refractivity contribution >= 4 is 8.32 Å². The molecule has 0 heterocycles. The summed E-state index contributed by atoms with van der Waals surface area (Å²) in [7, 11) is -0.0685. The van der Waals surface area contributed by atoms with Gasteiger partial charge in [-0.3, -0.25) is 0 Å². The molecule has 30 heavy (non-hydrogen) atoms. The van der Waals surface area contributed by atoms with Crippen LogP contribution in [0.1, 0.15) is 60.5 Å². The van der Waals surface area contributed by atoms with Crippen LogP contribution in [0.5, 0.6) is 5.75 Å². The zero-order chi connectivity index (χ0) is 22.7. The van der Waals surface area contributed by atoms with Crippen LogP contribution in [0.2, 0.25) is 18.1 Å². The highest BCUT2D eigenvalue weighted by Crippen LogP contribution is 2.34. The molecular weight excluding hydrogens is 392 g/mol. The average molecular weight is 439 g/mol. The fourth-order valence-corrected chi connectivity index (χ4v) is 7.33. The first-order valence-corrected chi connectivity index (χ1v) is 14.4. The lowest BCUT2D eigenvalue weighted by Crippen LogP contribution is -2.48. The standard InChI is InChI=1S/C25H46O4Si/c1-9-19(5)25(29-30(10-2,11-3)12-4)21(7)24(20(6)17-26)28-18-22-13-15-23(27-8)16-14-22/h13-16,19-21,24-26H,9-12,17-18H2,1-8H3/t19-,20+,21+,24-,25+/m0/s1. The van der Waals surface area contributed by atoms with E-state index in [9.17, 15) is 5.11 Å². The zero-order valence-corrected chi connectivity index (χ0v) is 21.6. The van der Waals surface area contributed by atoms with Gasteiger partial charge in [0.05, 0.1) is 25.9 Å². The largest absolute Gasteiger partial charge is 0.497 e. The highest BCUT2D eigenvalue weighted by Gasteiger charge is 2.39. The van der Waals surface area contributed by atoms with Crippen LogP contribution in [-0.2, 0) is 15.8 Å². The Kier molecular flexibility index (Phi) is 12.2. The van der Waals surface area contributed by atoms with E-state index in [0.717, 1.165) is 35.9 Å². The maximum atomic E-state index is 9.94. The number of rotatable bonds is 15. The van der Waals surface area contributed by atoms with Crippen LogP contribution in [0, 0.1) is 17.8 Å². The van der Waals surface area contributed by atoms with Crippen LogP contribution >= 0.6 is 0 Å². The maximum Gasteiger partial charge on any atom is 0.192 e. The molecule has 0 spiro atoms. The number of benzene rings is 1. The Labute approximate surface area is 186 Å². The van der Waals surface area contributed by atoms with E-state index in [4.69, 9.17) is 13.9 Å². The molecule has 1 aromatic rings. The van der Waals surface area contributed by atoms with Crippen LogP contribution in [0.3, 0.4) is 0 Å². The molecule has 1 rings (SSSR count).